The molecular formula is C33H43N3O6S. The maximum atomic E-state index is 13.9. The van der Waals surface area contributed by atoms with Crippen molar-refractivity contribution in [2.45, 2.75) is 58.7 Å². The van der Waals surface area contributed by atoms with Crippen molar-refractivity contribution in [2.75, 3.05) is 30.8 Å². The molecule has 0 saturated carbocycles. The van der Waals surface area contributed by atoms with Crippen LogP contribution in [0, 0.1) is 0 Å². The first-order valence-corrected chi connectivity index (χ1v) is 16.3. The summed E-state index contributed by atoms with van der Waals surface area (Å²) >= 11 is 0. The Morgan fingerprint density at radius 3 is 2.19 bits per heavy atom. The first kappa shape index (κ1) is 33.5. The molecule has 1 atom stereocenters. The summed E-state index contributed by atoms with van der Waals surface area (Å²) < 4.78 is 37.5. The van der Waals surface area contributed by atoms with Crippen LogP contribution in [-0.2, 0) is 32.6 Å². The van der Waals surface area contributed by atoms with E-state index in [2.05, 4.69) is 5.32 Å². The summed E-state index contributed by atoms with van der Waals surface area (Å²) in [6.07, 6.45) is 1.79. The fourth-order valence-electron chi connectivity index (χ4n) is 4.78. The predicted molar refractivity (Wildman–Crippen MR) is 170 cm³/mol. The summed E-state index contributed by atoms with van der Waals surface area (Å²) in [4.78, 5) is 29.1. The molecule has 0 aromatic heterocycles. The zero-order valence-corrected chi connectivity index (χ0v) is 26.5. The Morgan fingerprint density at radius 1 is 0.907 bits per heavy atom. The molecule has 0 fully saturated rings. The molecule has 0 radical (unpaired) electrons. The number of rotatable bonds is 16. The van der Waals surface area contributed by atoms with Gasteiger partial charge in [0.2, 0.25) is 21.8 Å². The van der Waals surface area contributed by atoms with Crippen LogP contribution in [0.3, 0.4) is 0 Å². The molecule has 0 aliphatic heterocycles. The number of benzene rings is 3. The van der Waals surface area contributed by atoms with Gasteiger partial charge in [-0.3, -0.25) is 13.9 Å². The molecule has 43 heavy (non-hydrogen) atoms. The molecule has 3 aromatic carbocycles. The van der Waals surface area contributed by atoms with E-state index in [9.17, 15) is 18.0 Å². The molecule has 9 nitrogen and oxygen atoms in total. The zero-order valence-electron chi connectivity index (χ0n) is 25.7. The van der Waals surface area contributed by atoms with Gasteiger partial charge in [0, 0.05) is 32.0 Å². The molecule has 0 spiro atoms. The van der Waals surface area contributed by atoms with E-state index in [4.69, 9.17) is 9.47 Å². The molecule has 0 unspecified atom stereocenters. The molecule has 0 aliphatic carbocycles. The fourth-order valence-corrected chi connectivity index (χ4v) is 5.75. The van der Waals surface area contributed by atoms with E-state index >= 15 is 0 Å². The Morgan fingerprint density at radius 2 is 1.58 bits per heavy atom. The molecule has 0 aliphatic rings. The van der Waals surface area contributed by atoms with Gasteiger partial charge in [0.25, 0.3) is 0 Å². The van der Waals surface area contributed by atoms with E-state index in [0.717, 1.165) is 17.4 Å². The first-order valence-electron chi connectivity index (χ1n) is 14.5. The second kappa shape index (κ2) is 16.0. The highest BCUT2D eigenvalue weighted by Gasteiger charge is 2.31. The number of hydrogen-bond acceptors (Lipinski definition) is 6. The highest BCUT2D eigenvalue weighted by molar-refractivity contribution is 7.92. The van der Waals surface area contributed by atoms with Crippen LogP contribution in [0.25, 0.3) is 0 Å². The normalized spacial score (nSPS) is 12.0. The molecular weight excluding hydrogens is 566 g/mol. The summed E-state index contributed by atoms with van der Waals surface area (Å²) in [5.41, 5.74) is 2.23. The number of methoxy groups -OCH3 is 1. The van der Waals surface area contributed by atoms with Gasteiger partial charge in [0.1, 0.15) is 17.5 Å². The molecule has 1 N–H and O–H groups in total. The Labute approximate surface area is 255 Å². The van der Waals surface area contributed by atoms with E-state index in [0.29, 0.717) is 30.2 Å². The Kier molecular flexibility index (Phi) is 12.4. The van der Waals surface area contributed by atoms with Crippen LogP contribution in [0.15, 0.2) is 78.9 Å². The average molecular weight is 610 g/mol. The third kappa shape index (κ3) is 10.3. The second-order valence-corrected chi connectivity index (χ2v) is 12.5. The van der Waals surface area contributed by atoms with Crippen LogP contribution in [0.2, 0.25) is 0 Å². The van der Waals surface area contributed by atoms with Gasteiger partial charge in [0.15, 0.2) is 0 Å². The first-order chi connectivity index (χ1) is 20.5. The number of carbonyl (C=O) groups excluding carboxylic acids is 2. The van der Waals surface area contributed by atoms with Crippen molar-refractivity contribution in [1.29, 1.82) is 0 Å². The number of hydrogen-bond donors (Lipinski definition) is 1. The number of carbonyl (C=O) groups is 2. The quantitative estimate of drug-likeness (QED) is 0.250. The van der Waals surface area contributed by atoms with Crippen molar-refractivity contribution in [3.05, 3.63) is 90.0 Å². The number of nitrogens with zero attached hydrogens (tertiary/aromatic N) is 2. The predicted octanol–water partition coefficient (Wildman–Crippen LogP) is 4.80. The van der Waals surface area contributed by atoms with Gasteiger partial charge in [-0.15, -0.1) is 0 Å². The highest BCUT2D eigenvalue weighted by atomic mass is 32.2. The zero-order chi connectivity index (χ0) is 31.4. The average Bonchev–Trinajstić information content (AvgIpc) is 2.97. The van der Waals surface area contributed by atoms with Crippen LogP contribution in [0.5, 0.6) is 11.5 Å². The molecule has 0 heterocycles. The molecule has 2 amide bonds. The van der Waals surface area contributed by atoms with Crippen LogP contribution >= 0.6 is 0 Å². The standard InChI is InChI=1S/C33H43N3O6S/c1-6-42-29-19-17-28(18-20-29)36(43(5,39)40)21-11-16-32(37)35(24-27-14-10-15-30(22-27)41-4)31(33(38)34-25(2)3)23-26-12-8-7-9-13-26/h7-10,12-15,17-20,22,25,31H,6,11,16,21,23-24H2,1-5H3,(H,34,38)/t31-/m1/s1. The van der Waals surface area contributed by atoms with Gasteiger partial charge in [-0.05, 0) is 74.7 Å². The van der Waals surface area contributed by atoms with Crippen LogP contribution in [-0.4, -0.2) is 63.7 Å². The minimum absolute atomic E-state index is 0.0489. The van der Waals surface area contributed by atoms with Crippen molar-refractivity contribution in [1.82, 2.24) is 10.2 Å². The van der Waals surface area contributed by atoms with E-state index in [-0.39, 0.29) is 43.8 Å². The topological polar surface area (TPSA) is 105 Å². The largest absolute Gasteiger partial charge is 0.497 e. The van der Waals surface area contributed by atoms with Gasteiger partial charge >= 0.3 is 0 Å². The lowest BCUT2D eigenvalue weighted by Crippen LogP contribution is -2.51. The summed E-state index contributed by atoms with van der Waals surface area (Å²) in [5.74, 6) is 0.799. The number of amides is 2. The highest BCUT2D eigenvalue weighted by Crippen LogP contribution is 2.23. The number of ether oxygens (including phenoxy) is 2. The van der Waals surface area contributed by atoms with Crippen molar-refractivity contribution in [3.63, 3.8) is 0 Å². The van der Waals surface area contributed by atoms with Crippen molar-refractivity contribution < 1.29 is 27.5 Å². The Bertz CT molecular complexity index is 1430. The third-order valence-electron chi connectivity index (χ3n) is 6.78. The monoisotopic (exact) mass is 609 g/mol. The summed E-state index contributed by atoms with van der Waals surface area (Å²) in [6, 6.07) is 22.9. The number of sulfonamides is 1. The molecule has 3 aromatic rings. The lowest BCUT2D eigenvalue weighted by molar-refractivity contribution is -0.141. The lowest BCUT2D eigenvalue weighted by atomic mass is 10.0. The van der Waals surface area contributed by atoms with Gasteiger partial charge < -0.3 is 19.7 Å². The van der Waals surface area contributed by atoms with Gasteiger partial charge in [-0.2, -0.15) is 0 Å². The molecule has 232 valence electrons. The van der Waals surface area contributed by atoms with E-state index < -0.39 is 16.1 Å². The van der Waals surface area contributed by atoms with E-state index in [1.165, 1.54) is 4.31 Å². The van der Waals surface area contributed by atoms with Crippen LogP contribution < -0.4 is 19.1 Å². The maximum absolute atomic E-state index is 13.9. The summed E-state index contributed by atoms with van der Waals surface area (Å²) in [7, 11) is -2.03. The Hall–Kier alpha value is -4.05. The maximum Gasteiger partial charge on any atom is 0.243 e. The lowest BCUT2D eigenvalue weighted by Gasteiger charge is -2.32. The third-order valence-corrected chi connectivity index (χ3v) is 7.97. The minimum atomic E-state index is -3.61. The smallest absolute Gasteiger partial charge is 0.243 e. The van der Waals surface area contributed by atoms with Gasteiger partial charge in [-0.1, -0.05) is 42.5 Å². The summed E-state index contributed by atoms with van der Waals surface area (Å²) in [5, 5.41) is 2.98. The van der Waals surface area contributed by atoms with Crippen molar-refractivity contribution in [2.24, 2.45) is 0 Å². The fraction of sp³-hybridized carbons (Fsp3) is 0.394. The van der Waals surface area contributed by atoms with Gasteiger partial charge in [-0.25, -0.2) is 8.42 Å². The van der Waals surface area contributed by atoms with Crippen molar-refractivity contribution in [3.8, 4) is 11.5 Å². The number of anilines is 1. The molecule has 10 heteroatoms. The van der Waals surface area contributed by atoms with Gasteiger partial charge in [0.05, 0.1) is 25.7 Å². The molecule has 0 saturated heterocycles. The summed E-state index contributed by atoms with van der Waals surface area (Å²) in [6.45, 7) is 6.44. The SMILES string of the molecule is CCOc1ccc(N(CCCC(=O)N(Cc2cccc(OC)c2)[C@H](Cc2ccccc2)C(=O)NC(C)C)S(C)(=O)=O)cc1. The Balaban J connectivity index is 1.88. The second-order valence-electron chi connectivity index (χ2n) is 10.6. The van der Waals surface area contributed by atoms with Crippen LogP contribution in [0.1, 0.15) is 44.7 Å². The molecule has 0 bridgehead atoms. The van der Waals surface area contributed by atoms with Crippen molar-refractivity contribution >= 4 is 27.5 Å². The van der Waals surface area contributed by atoms with E-state index in [1.807, 2.05) is 75.4 Å². The van der Waals surface area contributed by atoms with Crippen LogP contribution in [0.4, 0.5) is 5.69 Å². The molecule has 3 rings (SSSR count). The van der Waals surface area contributed by atoms with E-state index in [1.54, 1.807) is 36.3 Å². The number of nitrogens with one attached hydrogen (secondary N) is 1. The minimum Gasteiger partial charge on any atom is -0.497 e.